The maximum Gasteiger partial charge on any atom is 0.138 e. The highest BCUT2D eigenvalue weighted by Crippen LogP contribution is 2.39. The van der Waals surface area contributed by atoms with Gasteiger partial charge in [0.25, 0.3) is 0 Å². The van der Waals surface area contributed by atoms with Crippen LogP contribution in [0.4, 0.5) is 0 Å². The molecule has 0 spiro atoms. The monoisotopic (exact) mass is 371 g/mol. The summed E-state index contributed by atoms with van der Waals surface area (Å²) in [5, 5.41) is 4.21. The molecule has 0 saturated carbocycles. The van der Waals surface area contributed by atoms with Crippen LogP contribution >= 0.6 is 27.5 Å². The second-order valence-corrected chi connectivity index (χ2v) is 6.12. The molecule has 3 nitrogen and oxygen atoms in total. The molecule has 0 amide bonds. The van der Waals surface area contributed by atoms with Crippen LogP contribution < -0.4 is 10.1 Å². The average molecular weight is 373 g/mol. The highest BCUT2D eigenvalue weighted by atomic mass is 79.9. The fourth-order valence-electron chi connectivity index (χ4n) is 2.38. The summed E-state index contributed by atoms with van der Waals surface area (Å²) in [6, 6.07) is 5.74. The highest BCUT2D eigenvalue weighted by molar-refractivity contribution is 9.10. The number of methoxy groups -OCH3 is 1. The molecule has 1 aromatic heterocycles. The molecule has 0 bridgehead atoms. The van der Waals surface area contributed by atoms with Crippen LogP contribution in [0.5, 0.6) is 5.75 Å². The first-order valence-corrected chi connectivity index (χ1v) is 8.05. The van der Waals surface area contributed by atoms with Gasteiger partial charge in [-0.25, -0.2) is 0 Å². The highest BCUT2D eigenvalue weighted by Gasteiger charge is 2.23. The molecule has 0 radical (unpaired) electrons. The number of hydrogen-bond donors (Lipinski definition) is 1. The third-order valence-electron chi connectivity index (χ3n) is 3.36. The molecule has 0 fully saturated rings. The minimum atomic E-state index is -0.0198. The number of hydrogen-bond acceptors (Lipinski definition) is 3. The predicted octanol–water partition coefficient (Wildman–Crippen LogP) is 5.10. The molecule has 1 aromatic carbocycles. The standard InChI is InChI=1S/C16H19BrClNO2/c1-4-6-19-15(12-5-7-21-10(12)2)13-8-11(18)9-14(17)16(13)20-3/h5,7-9,15,19H,4,6H2,1-3H3. The van der Waals surface area contributed by atoms with Gasteiger partial charge in [0.2, 0.25) is 0 Å². The van der Waals surface area contributed by atoms with Gasteiger partial charge >= 0.3 is 0 Å². The van der Waals surface area contributed by atoms with Crippen LogP contribution in [0.2, 0.25) is 5.02 Å². The van der Waals surface area contributed by atoms with Crippen molar-refractivity contribution in [3.8, 4) is 5.75 Å². The van der Waals surface area contributed by atoms with Gasteiger partial charge in [0, 0.05) is 16.1 Å². The van der Waals surface area contributed by atoms with E-state index in [0.29, 0.717) is 5.02 Å². The molecule has 114 valence electrons. The number of nitrogens with one attached hydrogen (secondary N) is 1. The van der Waals surface area contributed by atoms with Crippen LogP contribution in [-0.4, -0.2) is 13.7 Å². The Bertz CT molecular complexity index is 612. The Hall–Kier alpha value is -0.970. The minimum Gasteiger partial charge on any atom is -0.495 e. The van der Waals surface area contributed by atoms with Crippen LogP contribution in [0.15, 0.2) is 33.4 Å². The van der Waals surface area contributed by atoms with Crippen LogP contribution in [0, 0.1) is 6.92 Å². The topological polar surface area (TPSA) is 34.4 Å². The third-order valence-corrected chi connectivity index (χ3v) is 4.17. The Morgan fingerprint density at radius 1 is 1.38 bits per heavy atom. The zero-order valence-electron chi connectivity index (χ0n) is 12.4. The molecule has 1 N–H and O–H groups in total. The van der Waals surface area contributed by atoms with Gasteiger partial charge in [-0.2, -0.15) is 0 Å². The van der Waals surface area contributed by atoms with Crippen LogP contribution in [0.3, 0.4) is 0 Å². The van der Waals surface area contributed by atoms with Crippen LogP contribution in [0.25, 0.3) is 0 Å². The first-order valence-electron chi connectivity index (χ1n) is 6.88. The van der Waals surface area contributed by atoms with Gasteiger partial charge in [-0.3, -0.25) is 0 Å². The second-order valence-electron chi connectivity index (χ2n) is 4.83. The first kappa shape index (κ1) is 16.4. The maximum atomic E-state index is 6.22. The third kappa shape index (κ3) is 3.62. The van der Waals surface area contributed by atoms with Gasteiger partial charge in [0.1, 0.15) is 11.5 Å². The largest absolute Gasteiger partial charge is 0.495 e. The SMILES string of the molecule is CCCNC(c1ccoc1C)c1cc(Cl)cc(Br)c1OC. The van der Waals surface area contributed by atoms with Crippen molar-refractivity contribution in [3.05, 3.63) is 50.8 Å². The normalized spacial score (nSPS) is 12.4. The van der Waals surface area contributed by atoms with Crippen LogP contribution in [0.1, 0.15) is 36.3 Å². The van der Waals surface area contributed by atoms with E-state index in [1.807, 2.05) is 25.1 Å². The molecule has 1 heterocycles. The first-order chi connectivity index (χ1) is 10.1. The van der Waals surface area contributed by atoms with Gasteiger partial charge in [0.15, 0.2) is 0 Å². The molecule has 2 aromatic rings. The van der Waals surface area contributed by atoms with Crippen molar-refractivity contribution in [1.82, 2.24) is 5.32 Å². The van der Waals surface area contributed by atoms with Crippen molar-refractivity contribution in [1.29, 1.82) is 0 Å². The summed E-state index contributed by atoms with van der Waals surface area (Å²) in [5.74, 6) is 1.68. The van der Waals surface area contributed by atoms with E-state index >= 15 is 0 Å². The lowest BCUT2D eigenvalue weighted by molar-refractivity contribution is 0.400. The Kier molecular flexibility index (Phi) is 5.73. The lowest BCUT2D eigenvalue weighted by Crippen LogP contribution is -2.24. The maximum absolute atomic E-state index is 6.22. The zero-order chi connectivity index (χ0) is 15.4. The Labute approximate surface area is 138 Å². The summed E-state index contributed by atoms with van der Waals surface area (Å²) in [7, 11) is 1.66. The quantitative estimate of drug-likeness (QED) is 0.766. The van der Waals surface area contributed by atoms with Crippen molar-refractivity contribution in [3.63, 3.8) is 0 Å². The molecular formula is C16H19BrClNO2. The van der Waals surface area contributed by atoms with Gasteiger partial charge < -0.3 is 14.5 Å². The van der Waals surface area contributed by atoms with E-state index in [1.165, 1.54) is 0 Å². The molecule has 2 rings (SSSR count). The molecule has 0 aliphatic rings. The molecule has 0 aliphatic heterocycles. The number of furan rings is 1. The zero-order valence-corrected chi connectivity index (χ0v) is 14.7. The van der Waals surface area contributed by atoms with Crippen molar-refractivity contribution in [2.75, 3.05) is 13.7 Å². The van der Waals surface area contributed by atoms with Crippen molar-refractivity contribution in [2.45, 2.75) is 26.3 Å². The summed E-state index contributed by atoms with van der Waals surface area (Å²) in [4.78, 5) is 0. The fraction of sp³-hybridized carbons (Fsp3) is 0.375. The second kappa shape index (κ2) is 7.34. The summed E-state index contributed by atoms with van der Waals surface area (Å²) in [5.41, 5.74) is 2.09. The van der Waals surface area contributed by atoms with E-state index in [-0.39, 0.29) is 6.04 Å². The minimum absolute atomic E-state index is 0.0198. The van der Waals surface area contributed by atoms with E-state index in [0.717, 1.165) is 40.1 Å². The summed E-state index contributed by atoms with van der Waals surface area (Å²) in [6.45, 7) is 4.99. The van der Waals surface area contributed by atoms with Crippen molar-refractivity contribution in [2.24, 2.45) is 0 Å². The number of ether oxygens (including phenoxy) is 1. The average Bonchev–Trinajstić information content (AvgIpc) is 2.85. The van der Waals surface area contributed by atoms with E-state index < -0.39 is 0 Å². The lowest BCUT2D eigenvalue weighted by Gasteiger charge is -2.22. The Morgan fingerprint density at radius 2 is 2.14 bits per heavy atom. The van der Waals surface area contributed by atoms with E-state index in [9.17, 15) is 0 Å². The van der Waals surface area contributed by atoms with Gasteiger partial charge in [-0.05, 0) is 54.0 Å². The lowest BCUT2D eigenvalue weighted by atomic mass is 9.98. The smallest absolute Gasteiger partial charge is 0.138 e. The van der Waals surface area contributed by atoms with Gasteiger partial charge in [-0.15, -0.1) is 0 Å². The summed E-state index contributed by atoms with van der Waals surface area (Å²) >= 11 is 9.74. The number of rotatable bonds is 6. The molecule has 1 atom stereocenters. The molecular weight excluding hydrogens is 354 g/mol. The van der Waals surface area contributed by atoms with Gasteiger partial charge in [-0.1, -0.05) is 18.5 Å². The number of benzene rings is 1. The Balaban J connectivity index is 2.53. The van der Waals surface area contributed by atoms with E-state index in [1.54, 1.807) is 13.4 Å². The Morgan fingerprint density at radius 3 is 2.71 bits per heavy atom. The molecule has 21 heavy (non-hydrogen) atoms. The fourth-order valence-corrected chi connectivity index (χ4v) is 3.38. The van der Waals surface area contributed by atoms with Crippen LogP contribution in [-0.2, 0) is 0 Å². The van der Waals surface area contributed by atoms with E-state index in [2.05, 4.69) is 28.2 Å². The molecule has 1 unspecified atom stereocenters. The predicted molar refractivity (Wildman–Crippen MR) is 89.3 cm³/mol. The molecule has 0 saturated heterocycles. The number of halogens is 2. The van der Waals surface area contributed by atoms with E-state index in [4.69, 9.17) is 20.8 Å². The van der Waals surface area contributed by atoms with Crippen molar-refractivity contribution >= 4 is 27.5 Å². The van der Waals surface area contributed by atoms with Crippen molar-refractivity contribution < 1.29 is 9.15 Å². The van der Waals surface area contributed by atoms with Gasteiger partial charge in [0.05, 0.1) is 23.9 Å². The molecule has 5 heteroatoms. The molecule has 0 aliphatic carbocycles. The number of aryl methyl sites for hydroxylation is 1. The summed E-state index contributed by atoms with van der Waals surface area (Å²) < 4.78 is 11.9. The summed E-state index contributed by atoms with van der Waals surface area (Å²) in [6.07, 6.45) is 2.74.